The van der Waals surface area contributed by atoms with Crippen molar-refractivity contribution >= 4 is 22.6 Å². The summed E-state index contributed by atoms with van der Waals surface area (Å²) in [6.07, 6.45) is 2.93. The zero-order valence-corrected chi connectivity index (χ0v) is 15.9. The second-order valence-electron chi connectivity index (χ2n) is 6.58. The summed E-state index contributed by atoms with van der Waals surface area (Å²) in [5.41, 5.74) is 0.741. The molecule has 29 heavy (non-hydrogen) atoms. The van der Waals surface area contributed by atoms with Gasteiger partial charge in [-0.1, -0.05) is 12.1 Å². The van der Waals surface area contributed by atoms with Crippen molar-refractivity contribution in [3.63, 3.8) is 0 Å². The number of anilines is 1. The summed E-state index contributed by atoms with van der Waals surface area (Å²) in [7, 11) is 4.68. The molecular weight excluding hydrogens is 374 g/mol. The molecule has 3 heterocycles. The molecule has 0 unspecified atom stereocenters. The number of aryl methyl sites for hydroxylation is 2. The SMILES string of the molecule is Cn1cnc(-c2cccc(NC(=O)c3cnc4c(c3)c(=O)n(C)c(=O)n4C)c2)n1. The molecule has 4 rings (SSSR count). The van der Waals surface area contributed by atoms with E-state index in [-0.39, 0.29) is 16.6 Å². The number of hydrogen-bond acceptors (Lipinski definition) is 6. The first kappa shape index (κ1) is 18.3. The van der Waals surface area contributed by atoms with Gasteiger partial charge in [0.05, 0.1) is 10.9 Å². The van der Waals surface area contributed by atoms with Crippen molar-refractivity contribution in [1.82, 2.24) is 28.9 Å². The topological polar surface area (TPSA) is 117 Å². The predicted molar refractivity (Wildman–Crippen MR) is 107 cm³/mol. The highest BCUT2D eigenvalue weighted by Crippen LogP contribution is 2.20. The molecule has 0 saturated heterocycles. The highest BCUT2D eigenvalue weighted by molar-refractivity contribution is 6.05. The van der Waals surface area contributed by atoms with E-state index in [1.807, 2.05) is 6.07 Å². The van der Waals surface area contributed by atoms with E-state index in [0.29, 0.717) is 11.5 Å². The van der Waals surface area contributed by atoms with E-state index in [1.165, 1.54) is 30.9 Å². The molecule has 0 aliphatic carbocycles. The highest BCUT2D eigenvalue weighted by Gasteiger charge is 2.14. The van der Waals surface area contributed by atoms with E-state index in [9.17, 15) is 14.4 Å². The zero-order valence-electron chi connectivity index (χ0n) is 15.9. The van der Waals surface area contributed by atoms with E-state index >= 15 is 0 Å². The molecule has 0 saturated carbocycles. The van der Waals surface area contributed by atoms with Gasteiger partial charge in [-0.15, -0.1) is 0 Å². The minimum Gasteiger partial charge on any atom is -0.322 e. The van der Waals surface area contributed by atoms with Crippen molar-refractivity contribution in [2.24, 2.45) is 21.1 Å². The molecule has 0 spiro atoms. The second-order valence-corrected chi connectivity index (χ2v) is 6.58. The van der Waals surface area contributed by atoms with Crippen molar-refractivity contribution in [2.45, 2.75) is 0 Å². The Kier molecular flexibility index (Phi) is 4.30. The van der Waals surface area contributed by atoms with Crippen LogP contribution < -0.4 is 16.6 Å². The Morgan fingerprint density at radius 1 is 1.03 bits per heavy atom. The molecule has 146 valence electrons. The molecule has 4 aromatic rings. The van der Waals surface area contributed by atoms with Crippen molar-refractivity contribution in [1.29, 1.82) is 0 Å². The molecule has 0 aliphatic rings. The van der Waals surface area contributed by atoms with Crippen molar-refractivity contribution in [2.75, 3.05) is 5.32 Å². The summed E-state index contributed by atoms with van der Waals surface area (Å²) in [5, 5.41) is 7.21. The van der Waals surface area contributed by atoms with Gasteiger partial charge in [0.2, 0.25) is 0 Å². The Hall–Kier alpha value is -4.08. The molecule has 10 nitrogen and oxygen atoms in total. The fraction of sp³-hybridized carbons (Fsp3) is 0.158. The number of nitrogens with zero attached hydrogens (tertiary/aromatic N) is 6. The van der Waals surface area contributed by atoms with Crippen LogP contribution in [0, 0.1) is 0 Å². The summed E-state index contributed by atoms with van der Waals surface area (Å²) >= 11 is 0. The monoisotopic (exact) mass is 391 g/mol. The van der Waals surface area contributed by atoms with Crippen molar-refractivity contribution < 1.29 is 4.79 Å². The maximum Gasteiger partial charge on any atom is 0.332 e. The first-order valence-corrected chi connectivity index (χ1v) is 8.68. The molecule has 10 heteroatoms. The molecule has 0 radical (unpaired) electrons. The second kappa shape index (κ2) is 6.82. The Balaban J connectivity index is 1.68. The Morgan fingerprint density at radius 2 is 1.83 bits per heavy atom. The Bertz CT molecular complexity index is 1380. The van der Waals surface area contributed by atoms with Gasteiger partial charge in [-0.25, -0.2) is 14.8 Å². The van der Waals surface area contributed by atoms with Crippen molar-refractivity contribution in [3.8, 4) is 11.4 Å². The van der Waals surface area contributed by atoms with Crippen molar-refractivity contribution in [3.05, 3.63) is 69.3 Å². The van der Waals surface area contributed by atoms with Crippen LogP contribution in [0.5, 0.6) is 0 Å². The fourth-order valence-electron chi connectivity index (χ4n) is 3.00. The summed E-state index contributed by atoms with van der Waals surface area (Å²) in [4.78, 5) is 45.4. The minimum atomic E-state index is -0.506. The molecule has 0 atom stereocenters. The van der Waals surface area contributed by atoms with E-state index in [4.69, 9.17) is 0 Å². The van der Waals surface area contributed by atoms with E-state index in [1.54, 1.807) is 36.3 Å². The number of benzene rings is 1. The number of carbonyl (C=O) groups excluding carboxylic acids is 1. The zero-order chi connectivity index (χ0) is 20.7. The van der Waals surface area contributed by atoms with Gasteiger partial charge in [0.15, 0.2) is 5.82 Å². The minimum absolute atomic E-state index is 0.189. The summed E-state index contributed by atoms with van der Waals surface area (Å²) in [5.74, 6) is 0.113. The lowest BCUT2D eigenvalue weighted by Gasteiger charge is -2.09. The normalized spacial score (nSPS) is 11.0. The maximum atomic E-state index is 12.7. The number of rotatable bonds is 3. The van der Waals surface area contributed by atoms with Crippen LogP contribution in [0.2, 0.25) is 0 Å². The van der Waals surface area contributed by atoms with Gasteiger partial charge in [-0.3, -0.25) is 23.4 Å². The van der Waals surface area contributed by atoms with Crippen LogP contribution in [0.4, 0.5) is 5.69 Å². The standard InChI is InChI=1S/C19H17N7O3/c1-24-10-21-15(23-24)11-5-4-6-13(7-11)22-17(27)12-8-14-16(20-9-12)25(2)19(29)26(3)18(14)28/h4-10H,1-3H3,(H,22,27). The third kappa shape index (κ3) is 3.20. The number of fused-ring (bicyclic) bond motifs is 1. The van der Waals surface area contributed by atoms with Crippen LogP contribution in [0.3, 0.4) is 0 Å². The summed E-state index contributed by atoms with van der Waals surface area (Å²) in [6, 6.07) is 8.55. The molecule has 0 aliphatic heterocycles. The molecule has 1 N–H and O–H groups in total. The first-order valence-electron chi connectivity index (χ1n) is 8.68. The van der Waals surface area contributed by atoms with Crippen LogP contribution in [-0.4, -0.2) is 34.8 Å². The van der Waals surface area contributed by atoms with Crippen LogP contribution in [0.15, 0.2) is 52.4 Å². The quantitative estimate of drug-likeness (QED) is 0.549. The number of aromatic nitrogens is 6. The van der Waals surface area contributed by atoms with E-state index < -0.39 is 17.2 Å². The maximum absolute atomic E-state index is 12.7. The number of pyridine rings is 1. The summed E-state index contributed by atoms with van der Waals surface area (Å²) in [6.45, 7) is 0. The van der Waals surface area contributed by atoms with Gasteiger partial charge in [0.1, 0.15) is 12.0 Å². The third-order valence-electron chi connectivity index (χ3n) is 4.53. The molecule has 0 bridgehead atoms. The number of hydrogen-bond donors (Lipinski definition) is 1. The largest absolute Gasteiger partial charge is 0.332 e. The smallest absolute Gasteiger partial charge is 0.322 e. The van der Waals surface area contributed by atoms with Crippen LogP contribution in [0.25, 0.3) is 22.4 Å². The average molecular weight is 391 g/mol. The lowest BCUT2D eigenvalue weighted by atomic mass is 10.1. The summed E-state index contributed by atoms with van der Waals surface area (Å²) < 4.78 is 3.84. The lowest BCUT2D eigenvalue weighted by molar-refractivity contribution is 0.102. The predicted octanol–water partition coefficient (Wildman–Crippen LogP) is 0.680. The fourth-order valence-corrected chi connectivity index (χ4v) is 3.00. The molecule has 1 aromatic carbocycles. The van der Waals surface area contributed by atoms with Crippen LogP contribution in [-0.2, 0) is 21.1 Å². The van der Waals surface area contributed by atoms with Crippen LogP contribution >= 0.6 is 0 Å². The molecular formula is C19H17N7O3. The average Bonchev–Trinajstić information content (AvgIpc) is 3.17. The van der Waals surface area contributed by atoms with E-state index in [2.05, 4.69) is 20.4 Å². The van der Waals surface area contributed by atoms with E-state index in [0.717, 1.165) is 10.1 Å². The van der Waals surface area contributed by atoms with Gasteiger partial charge in [0, 0.05) is 38.6 Å². The van der Waals surface area contributed by atoms with Gasteiger partial charge in [0.25, 0.3) is 11.5 Å². The Labute approximate surface area is 164 Å². The van der Waals surface area contributed by atoms with Crippen LogP contribution in [0.1, 0.15) is 10.4 Å². The lowest BCUT2D eigenvalue weighted by Crippen LogP contribution is -2.37. The van der Waals surface area contributed by atoms with Gasteiger partial charge in [-0.2, -0.15) is 5.10 Å². The van der Waals surface area contributed by atoms with Gasteiger partial charge >= 0.3 is 5.69 Å². The third-order valence-corrected chi connectivity index (χ3v) is 4.53. The van der Waals surface area contributed by atoms with Gasteiger partial charge < -0.3 is 5.32 Å². The number of amides is 1. The number of carbonyl (C=O) groups is 1. The Morgan fingerprint density at radius 3 is 2.55 bits per heavy atom. The molecule has 3 aromatic heterocycles. The number of nitrogens with one attached hydrogen (secondary N) is 1. The molecule has 1 amide bonds. The molecule has 0 fully saturated rings. The van der Waals surface area contributed by atoms with Gasteiger partial charge in [-0.05, 0) is 18.2 Å². The highest BCUT2D eigenvalue weighted by atomic mass is 16.2. The first-order chi connectivity index (χ1) is 13.8.